The van der Waals surface area contributed by atoms with Crippen molar-refractivity contribution in [3.05, 3.63) is 29.3 Å². The summed E-state index contributed by atoms with van der Waals surface area (Å²) in [7, 11) is 3.51. The normalized spacial score (nSPS) is 9.93. The summed E-state index contributed by atoms with van der Waals surface area (Å²) >= 11 is 7.26. The molecule has 1 aromatic rings. The minimum Gasteiger partial charge on any atom is -0.348 e. The lowest BCUT2D eigenvalue weighted by atomic mass is 10.4. The van der Waals surface area contributed by atoms with Crippen molar-refractivity contribution in [1.29, 1.82) is 0 Å². The van der Waals surface area contributed by atoms with Crippen LogP contribution in [-0.4, -0.2) is 30.7 Å². The summed E-state index contributed by atoms with van der Waals surface area (Å²) in [6, 6.07) is 7.47. The molecule has 14 heavy (non-hydrogen) atoms. The highest BCUT2D eigenvalue weighted by atomic mass is 35.5. The predicted molar refractivity (Wildman–Crippen MR) is 60.9 cm³/mol. The summed E-state index contributed by atoms with van der Waals surface area (Å²) < 4.78 is 0. The molecule has 76 valence electrons. The van der Waals surface area contributed by atoms with Crippen LogP contribution in [0.2, 0.25) is 5.02 Å². The van der Waals surface area contributed by atoms with Crippen molar-refractivity contribution < 1.29 is 4.79 Å². The van der Waals surface area contributed by atoms with E-state index in [1.165, 1.54) is 11.8 Å². The van der Waals surface area contributed by atoms with E-state index in [1.807, 2.05) is 24.3 Å². The van der Waals surface area contributed by atoms with Gasteiger partial charge in [0.25, 0.3) is 0 Å². The summed E-state index contributed by atoms with van der Waals surface area (Å²) in [6.07, 6.45) is 0. The highest BCUT2D eigenvalue weighted by Crippen LogP contribution is 2.20. The van der Waals surface area contributed by atoms with E-state index in [-0.39, 0.29) is 5.91 Å². The molecule has 0 aliphatic carbocycles. The number of rotatable bonds is 3. The van der Waals surface area contributed by atoms with Crippen LogP contribution in [0.25, 0.3) is 0 Å². The van der Waals surface area contributed by atoms with Crippen LogP contribution < -0.4 is 0 Å². The predicted octanol–water partition coefficient (Wildman–Crippen LogP) is 2.52. The lowest BCUT2D eigenvalue weighted by molar-refractivity contribution is -0.125. The van der Waals surface area contributed by atoms with Gasteiger partial charge in [0, 0.05) is 24.0 Å². The van der Waals surface area contributed by atoms with Gasteiger partial charge in [-0.3, -0.25) is 4.79 Å². The molecule has 0 aliphatic rings. The van der Waals surface area contributed by atoms with Gasteiger partial charge in [0.05, 0.1) is 5.75 Å². The second-order valence-electron chi connectivity index (χ2n) is 3.03. The third-order valence-electron chi connectivity index (χ3n) is 1.67. The number of nitrogens with zero attached hydrogens (tertiary/aromatic N) is 1. The van der Waals surface area contributed by atoms with Crippen LogP contribution in [0, 0.1) is 0 Å². The Morgan fingerprint density at radius 3 is 2.43 bits per heavy atom. The van der Waals surface area contributed by atoms with Gasteiger partial charge < -0.3 is 4.90 Å². The van der Waals surface area contributed by atoms with Crippen LogP contribution >= 0.6 is 23.4 Å². The van der Waals surface area contributed by atoms with Gasteiger partial charge in [-0.15, -0.1) is 11.8 Å². The summed E-state index contributed by atoms with van der Waals surface area (Å²) in [5.41, 5.74) is 0. The molecule has 1 aromatic carbocycles. The molecular formula is C10H12ClNOS. The van der Waals surface area contributed by atoms with Crippen LogP contribution in [0.3, 0.4) is 0 Å². The fourth-order valence-corrected chi connectivity index (χ4v) is 1.81. The highest BCUT2D eigenvalue weighted by molar-refractivity contribution is 8.00. The van der Waals surface area contributed by atoms with E-state index in [1.54, 1.807) is 19.0 Å². The first-order valence-corrected chi connectivity index (χ1v) is 5.54. The lowest BCUT2D eigenvalue weighted by Crippen LogP contribution is -2.23. The van der Waals surface area contributed by atoms with E-state index >= 15 is 0 Å². The van der Waals surface area contributed by atoms with Crippen molar-refractivity contribution in [3.8, 4) is 0 Å². The molecule has 4 heteroatoms. The molecule has 2 nitrogen and oxygen atoms in total. The van der Waals surface area contributed by atoms with Crippen molar-refractivity contribution in [2.45, 2.75) is 4.90 Å². The molecule has 0 aromatic heterocycles. The number of hydrogen-bond acceptors (Lipinski definition) is 2. The topological polar surface area (TPSA) is 20.3 Å². The van der Waals surface area contributed by atoms with Gasteiger partial charge in [0.15, 0.2) is 0 Å². The van der Waals surface area contributed by atoms with E-state index in [9.17, 15) is 4.79 Å². The number of carbonyl (C=O) groups is 1. The Kier molecular flexibility index (Phi) is 4.29. The quantitative estimate of drug-likeness (QED) is 0.743. The maximum absolute atomic E-state index is 11.3. The minimum atomic E-state index is 0.116. The van der Waals surface area contributed by atoms with Gasteiger partial charge in [0.2, 0.25) is 5.91 Å². The molecule has 1 amide bonds. The zero-order valence-electron chi connectivity index (χ0n) is 8.16. The van der Waals surface area contributed by atoms with Crippen LogP contribution in [-0.2, 0) is 4.79 Å². The monoisotopic (exact) mass is 229 g/mol. The van der Waals surface area contributed by atoms with Gasteiger partial charge in [-0.25, -0.2) is 0 Å². The van der Waals surface area contributed by atoms with Crippen molar-refractivity contribution in [3.63, 3.8) is 0 Å². The second kappa shape index (κ2) is 5.27. The van der Waals surface area contributed by atoms with Crippen LogP contribution in [0.15, 0.2) is 29.2 Å². The summed E-state index contributed by atoms with van der Waals surface area (Å²) in [5, 5.41) is 0.716. The number of halogens is 1. The summed E-state index contributed by atoms with van der Waals surface area (Å²) in [5.74, 6) is 0.583. The number of carbonyl (C=O) groups excluding carboxylic acids is 1. The third-order valence-corrected chi connectivity index (χ3v) is 2.92. The Morgan fingerprint density at radius 2 is 1.93 bits per heavy atom. The molecule has 0 unspecified atom stereocenters. The summed E-state index contributed by atoms with van der Waals surface area (Å²) in [6.45, 7) is 0. The average molecular weight is 230 g/mol. The SMILES string of the molecule is CN(C)C(=O)CSc1ccc(Cl)cc1. The number of thioether (sulfide) groups is 1. The maximum Gasteiger partial charge on any atom is 0.232 e. The van der Waals surface area contributed by atoms with E-state index in [0.717, 1.165) is 4.90 Å². The fraction of sp³-hybridized carbons (Fsp3) is 0.300. The summed E-state index contributed by atoms with van der Waals surface area (Å²) in [4.78, 5) is 13.9. The Bertz CT molecular complexity index is 310. The molecule has 0 radical (unpaired) electrons. The first-order valence-electron chi connectivity index (χ1n) is 4.18. The van der Waals surface area contributed by atoms with Crippen molar-refractivity contribution in [2.75, 3.05) is 19.8 Å². The Morgan fingerprint density at radius 1 is 1.36 bits per heavy atom. The van der Waals surface area contributed by atoms with Gasteiger partial charge in [-0.2, -0.15) is 0 Å². The van der Waals surface area contributed by atoms with Crippen molar-refractivity contribution >= 4 is 29.3 Å². The van der Waals surface area contributed by atoms with E-state index < -0.39 is 0 Å². The largest absolute Gasteiger partial charge is 0.348 e. The highest BCUT2D eigenvalue weighted by Gasteiger charge is 2.04. The first kappa shape index (κ1) is 11.4. The molecule has 0 aliphatic heterocycles. The molecule has 0 atom stereocenters. The average Bonchev–Trinajstić information content (AvgIpc) is 2.16. The van der Waals surface area contributed by atoms with Crippen molar-refractivity contribution in [1.82, 2.24) is 4.90 Å². The van der Waals surface area contributed by atoms with Gasteiger partial charge >= 0.3 is 0 Å². The molecule has 0 N–H and O–H groups in total. The van der Waals surface area contributed by atoms with Crippen LogP contribution in [0.4, 0.5) is 0 Å². The lowest BCUT2D eigenvalue weighted by Gasteiger charge is -2.09. The smallest absolute Gasteiger partial charge is 0.232 e. The van der Waals surface area contributed by atoms with E-state index in [0.29, 0.717) is 10.8 Å². The second-order valence-corrected chi connectivity index (χ2v) is 4.52. The zero-order valence-corrected chi connectivity index (χ0v) is 9.73. The molecule has 0 bridgehead atoms. The van der Waals surface area contributed by atoms with Gasteiger partial charge in [-0.1, -0.05) is 11.6 Å². The molecular weight excluding hydrogens is 218 g/mol. The molecule has 0 heterocycles. The third kappa shape index (κ3) is 3.60. The zero-order chi connectivity index (χ0) is 10.6. The van der Waals surface area contributed by atoms with E-state index in [4.69, 9.17) is 11.6 Å². The molecule has 0 saturated carbocycles. The number of benzene rings is 1. The molecule has 0 fully saturated rings. The van der Waals surface area contributed by atoms with Crippen LogP contribution in [0.5, 0.6) is 0 Å². The minimum absolute atomic E-state index is 0.116. The maximum atomic E-state index is 11.3. The Hall–Kier alpha value is -0.670. The Labute approximate surface area is 93.2 Å². The van der Waals surface area contributed by atoms with Crippen molar-refractivity contribution in [2.24, 2.45) is 0 Å². The molecule has 1 rings (SSSR count). The number of hydrogen-bond donors (Lipinski definition) is 0. The molecule has 0 saturated heterocycles. The van der Waals surface area contributed by atoms with E-state index in [2.05, 4.69) is 0 Å². The standard InChI is InChI=1S/C10H12ClNOS/c1-12(2)10(13)7-14-9-5-3-8(11)4-6-9/h3-6H,7H2,1-2H3. The first-order chi connectivity index (χ1) is 6.59. The molecule has 0 spiro atoms. The van der Waals surface area contributed by atoms with Crippen LogP contribution in [0.1, 0.15) is 0 Å². The number of amides is 1. The Balaban J connectivity index is 2.46. The fourth-order valence-electron chi connectivity index (χ4n) is 0.805. The van der Waals surface area contributed by atoms with Gasteiger partial charge in [-0.05, 0) is 24.3 Å². The van der Waals surface area contributed by atoms with Gasteiger partial charge in [0.1, 0.15) is 0 Å².